The number of aliphatic hydroxyl groups excluding tert-OH is 18. The van der Waals surface area contributed by atoms with Gasteiger partial charge in [0.15, 0.2) is 43.8 Å². The normalized spacial score (nSPS) is 49.4. The third kappa shape index (κ3) is 19.0. The van der Waals surface area contributed by atoms with Gasteiger partial charge in [-0.3, -0.25) is 9.59 Å². The predicted molar refractivity (Wildman–Crippen MR) is 404 cm³/mol. The van der Waals surface area contributed by atoms with Gasteiger partial charge in [-0.15, -0.1) is 0 Å². The number of carbonyl (C=O) groups excluding carboxylic acids is 5. The molecule has 11 fully saturated rings. The molecule has 5 aliphatic carbocycles. The van der Waals surface area contributed by atoms with Crippen molar-refractivity contribution < 1.29 is 182 Å². The highest BCUT2D eigenvalue weighted by molar-refractivity contribution is 5.80. The number of aldehydes is 1. The van der Waals surface area contributed by atoms with Crippen molar-refractivity contribution >= 4 is 24.3 Å². The number of ether oxygens (including phenoxy) is 14. The summed E-state index contributed by atoms with van der Waals surface area (Å²) in [4.78, 5) is 61.5. The Hall–Kier alpha value is -3.51. The van der Waals surface area contributed by atoms with Crippen LogP contribution in [0.25, 0.3) is 0 Å². The van der Waals surface area contributed by atoms with Gasteiger partial charge >= 0.3 is 12.1 Å². The molecule has 42 atom stereocenters. The van der Waals surface area contributed by atoms with Gasteiger partial charge < -0.3 is 168 Å². The standard InChI is InChI=1S/C81H133NO35.CO2/c1-10-11-12-13-14-15-16-17-18-19-49(90)82-50-43(30-83)109-74(67(65(50)114-70-60(100)55(95)51(91)36(2)107-70)116-71-62(102)57(97)63(37(3)108-71)112-68-58(98)52(92)40(86)32-104-68)117-75(103)81-27-26-76(4,5)28-39(81)38-20-21-46-77(6)24-23-48(78(7,35-85)45(77)22-25-79(46,8)80(38,9)29-47(81)89)111-73-66(115-72-61(101)56(96)54(94)44(31-84)110-72)64(42(88)34-106-73)113-69-59(99)53(93)41(87)33-105-69;2-1-3/h20,35-37,39-48,50-74,83-84,86-89,91-102H,10-19,21-34H2,1-9H3,(H,82,90);/t36?,37?,39?,40-,41-,42-,43?,44?,45-,46?,47?,48+,50+,51+,52?,53+,54+,55+,56+,57?,58-,59?,60?,61?,62+,63+,64+,65?,66?,67-,68+,69+,70+,71+,72+,73+,74+,77?,78-,79+,80-,81-;/m1./s1. The van der Waals surface area contributed by atoms with Crippen molar-refractivity contribution in [2.45, 2.75) is 393 Å². The van der Waals surface area contributed by atoms with Crippen LogP contribution in [0.15, 0.2) is 11.6 Å². The quantitative estimate of drug-likeness (QED) is 0.0122. The summed E-state index contributed by atoms with van der Waals surface area (Å²) in [6.07, 6.45) is -41.6. The summed E-state index contributed by atoms with van der Waals surface area (Å²) < 4.78 is 87.5. The molecule has 4 saturated carbocycles. The van der Waals surface area contributed by atoms with Gasteiger partial charge in [0.05, 0.1) is 68.9 Å². The van der Waals surface area contributed by atoms with Gasteiger partial charge in [-0.1, -0.05) is 111 Å². The van der Waals surface area contributed by atoms with Crippen LogP contribution >= 0.6 is 0 Å². The van der Waals surface area contributed by atoms with Gasteiger partial charge in [0, 0.05) is 6.42 Å². The number of hydrogen-bond acceptors (Lipinski definition) is 37. The second kappa shape index (κ2) is 40.0. The highest BCUT2D eigenvalue weighted by Gasteiger charge is 2.73. The maximum absolute atomic E-state index is 16.5. The summed E-state index contributed by atoms with van der Waals surface area (Å²) in [6, 6.07) is -1.52. The Morgan fingerprint density at radius 3 is 1.59 bits per heavy atom. The van der Waals surface area contributed by atoms with Crippen LogP contribution < -0.4 is 5.32 Å². The van der Waals surface area contributed by atoms with Gasteiger partial charge in [0.1, 0.15) is 140 Å². The lowest BCUT2D eigenvalue weighted by atomic mass is 9.33. The molecule has 12 aliphatic rings. The number of esters is 1. The monoisotopic (exact) mass is 1720 g/mol. The number of carbonyl (C=O) groups is 3. The number of allylic oxidation sites excluding steroid dienone is 2. The lowest BCUT2D eigenvalue weighted by molar-refractivity contribution is -0.384. The molecular weight excluding hydrogens is 1590 g/mol. The van der Waals surface area contributed by atoms with Crippen molar-refractivity contribution in [1.82, 2.24) is 5.32 Å². The van der Waals surface area contributed by atoms with E-state index in [1.165, 1.54) is 13.8 Å². The Balaban J connectivity index is 0.00000462. The van der Waals surface area contributed by atoms with E-state index in [2.05, 4.69) is 52.9 Å². The molecule has 0 spiro atoms. The molecule has 0 aromatic rings. The smallest absolute Gasteiger partial charge is 0.373 e. The van der Waals surface area contributed by atoms with Crippen LogP contribution in [0.1, 0.15) is 184 Å². The van der Waals surface area contributed by atoms with Crippen molar-refractivity contribution in [3.8, 4) is 0 Å². The molecule has 15 unspecified atom stereocenters. The van der Waals surface area contributed by atoms with Crippen LogP contribution in [0.4, 0.5) is 0 Å². The first-order chi connectivity index (χ1) is 56.7. The average Bonchev–Trinajstić information content (AvgIpc) is 0.668. The Morgan fingerprint density at radius 1 is 0.500 bits per heavy atom. The molecule has 0 bridgehead atoms. The number of amides is 1. The van der Waals surface area contributed by atoms with Gasteiger partial charge in [-0.05, 0) is 117 Å². The van der Waals surface area contributed by atoms with E-state index in [1.54, 1.807) is 6.92 Å². The second-order valence-electron chi connectivity index (χ2n) is 37.4. The zero-order valence-corrected chi connectivity index (χ0v) is 69.8. The van der Waals surface area contributed by atoms with Crippen molar-refractivity contribution in [2.75, 3.05) is 33.0 Å². The van der Waals surface area contributed by atoms with Crippen LogP contribution in [0.5, 0.6) is 0 Å². The van der Waals surface area contributed by atoms with Crippen LogP contribution in [0.2, 0.25) is 0 Å². The molecule has 12 rings (SSSR count). The van der Waals surface area contributed by atoms with Gasteiger partial charge in [-0.2, -0.15) is 9.59 Å². The molecule has 7 aliphatic heterocycles. The number of rotatable bonds is 28. The Bertz CT molecular complexity index is 3410. The van der Waals surface area contributed by atoms with Gasteiger partial charge in [0.2, 0.25) is 12.2 Å². The Labute approximate surface area is 697 Å². The number of nitrogens with one attached hydrogen (secondary N) is 1. The zero-order chi connectivity index (χ0) is 87.8. The molecule has 688 valence electrons. The van der Waals surface area contributed by atoms with E-state index >= 15 is 4.79 Å². The summed E-state index contributed by atoms with van der Waals surface area (Å²) >= 11 is 0. The molecule has 19 N–H and O–H groups in total. The molecule has 7 saturated heterocycles. The van der Waals surface area contributed by atoms with Crippen LogP contribution in [0, 0.1) is 50.2 Å². The average molecular weight is 1720 g/mol. The van der Waals surface area contributed by atoms with Crippen molar-refractivity contribution in [1.29, 1.82) is 0 Å². The summed E-state index contributed by atoms with van der Waals surface area (Å²) in [5, 5.41) is 204. The molecule has 1 amide bonds. The summed E-state index contributed by atoms with van der Waals surface area (Å²) in [7, 11) is 0. The first-order valence-corrected chi connectivity index (χ1v) is 42.9. The third-order valence-electron chi connectivity index (χ3n) is 29.4. The third-order valence-corrected chi connectivity index (χ3v) is 29.4. The zero-order valence-electron chi connectivity index (χ0n) is 69.8. The topological polar surface area (TPSA) is 591 Å². The molecule has 38 nitrogen and oxygen atoms in total. The fraction of sp³-hybridized carbons (Fsp3) is 0.927. The molecule has 120 heavy (non-hydrogen) atoms. The summed E-state index contributed by atoms with van der Waals surface area (Å²) in [5.74, 6) is -2.88. The Kier molecular flexibility index (Phi) is 32.4. The lowest BCUT2D eigenvalue weighted by Crippen LogP contribution is -2.71. The minimum absolute atomic E-state index is 0.0120. The van der Waals surface area contributed by atoms with Gasteiger partial charge in [-0.25, -0.2) is 0 Å². The summed E-state index contributed by atoms with van der Waals surface area (Å²) in [6.45, 7) is 14.2. The molecule has 0 radical (unpaired) electrons. The number of aliphatic hydroxyl groups is 18. The maximum Gasteiger partial charge on any atom is 0.373 e. The van der Waals surface area contributed by atoms with Crippen LogP contribution in [-0.4, -0.2) is 358 Å². The van der Waals surface area contributed by atoms with E-state index in [4.69, 9.17) is 75.9 Å². The minimum atomic E-state index is -2.11. The molecule has 38 heteroatoms. The molecule has 7 heterocycles. The van der Waals surface area contributed by atoms with E-state index in [0.717, 1.165) is 56.8 Å². The van der Waals surface area contributed by atoms with Gasteiger partial charge in [0.25, 0.3) is 0 Å². The van der Waals surface area contributed by atoms with E-state index in [1.807, 2.05) is 0 Å². The first-order valence-electron chi connectivity index (χ1n) is 42.9. The van der Waals surface area contributed by atoms with Crippen molar-refractivity contribution in [3.05, 3.63) is 11.6 Å². The SMILES string of the molecule is CCCCCCCCCCCC(=O)N[C@H]1C(CO)O[C@@H](OC(=O)[C@]23CCC(C)(C)CC2C2=CCC4C5(C)CC[C@H](O[C@@H]6OC[C@@H](O)[C@H](O[C@@H]7OC[C@@H](O)[C@H](O)C7O)C6O[C@@H]6OC(CO)[C@H](O)[C@H](O)C6O)[C@](C)(C=O)[C@@H]5CC[C@]4(C)[C@]2(C)CC3O)[C@H](O[C@@H]2OC(C)[C@H](O[C@@H]3OC[C@@H](O)C(O)[C@H]3O)C(O)[C@@H]2O)C1O[C@@H]1OC(C)[C@H](O)[C@H](O)C1O.O=C=O. The number of fused-ring (bicyclic) bond motifs is 7. The van der Waals surface area contributed by atoms with Crippen LogP contribution in [-0.2, 0) is 90.3 Å². The molecular formula is C82H133NO37. The maximum atomic E-state index is 16.5. The fourth-order valence-electron chi connectivity index (χ4n) is 22.0. The predicted octanol–water partition coefficient (Wildman–Crippen LogP) is -2.98. The van der Waals surface area contributed by atoms with E-state index < -0.39 is 298 Å². The molecule has 0 aromatic heterocycles. The highest BCUT2D eigenvalue weighted by Crippen LogP contribution is 2.76. The van der Waals surface area contributed by atoms with E-state index in [0.29, 0.717) is 51.4 Å². The first kappa shape index (κ1) is 97.1. The number of unbranched alkanes of at least 4 members (excludes halogenated alkanes) is 8. The molecule has 0 aromatic carbocycles. The summed E-state index contributed by atoms with van der Waals surface area (Å²) in [5.41, 5.74) is -4.85. The lowest BCUT2D eigenvalue weighted by Gasteiger charge is -2.71. The minimum Gasteiger partial charge on any atom is -0.432 e. The largest absolute Gasteiger partial charge is 0.432 e. The van der Waals surface area contributed by atoms with Crippen LogP contribution in [0.3, 0.4) is 0 Å². The van der Waals surface area contributed by atoms with E-state index in [-0.39, 0.29) is 37.8 Å². The van der Waals surface area contributed by atoms with Crippen molar-refractivity contribution in [2.24, 2.45) is 50.2 Å². The fourth-order valence-corrected chi connectivity index (χ4v) is 22.0. The van der Waals surface area contributed by atoms with E-state index in [9.17, 15) is 102 Å². The van der Waals surface area contributed by atoms with Crippen molar-refractivity contribution in [3.63, 3.8) is 0 Å². The Morgan fingerprint density at radius 2 is 1.00 bits per heavy atom. The number of hydrogen-bond donors (Lipinski definition) is 19. The highest BCUT2D eigenvalue weighted by atomic mass is 16.8. The second-order valence-corrected chi connectivity index (χ2v) is 37.4.